The second kappa shape index (κ2) is 8.11. The molecule has 0 spiro atoms. The predicted molar refractivity (Wildman–Crippen MR) is 78.6 cm³/mol. The number of benzene rings is 2. The van der Waals surface area contributed by atoms with E-state index in [4.69, 9.17) is 28.1 Å². The Morgan fingerprint density at radius 1 is 0.800 bits per heavy atom. The third kappa shape index (κ3) is 5.56. The van der Waals surface area contributed by atoms with Gasteiger partial charge in [-0.25, -0.2) is 18.6 Å². The Balaban J connectivity index is 0.000000399. The highest BCUT2D eigenvalue weighted by Gasteiger charge is 2.12. The van der Waals surface area contributed by atoms with Gasteiger partial charge in [0, 0.05) is 24.3 Å². The number of nitrogens with zero attached hydrogens (tertiary/aromatic N) is 1. The predicted octanol–water partition coefficient (Wildman–Crippen LogP) is -1.62. The molecule has 0 saturated heterocycles. The Hall–Kier alpha value is -2.42. The summed E-state index contributed by atoms with van der Waals surface area (Å²) in [4.78, 5) is 0. The lowest BCUT2D eigenvalue weighted by atomic mass is 10.2. The molecule has 0 aliphatic carbocycles. The lowest BCUT2D eigenvalue weighted by Gasteiger charge is -2.17. The minimum atomic E-state index is -4.94. The van der Waals surface area contributed by atoms with Crippen LogP contribution in [0.4, 0.5) is 0 Å². The van der Waals surface area contributed by atoms with Crippen LogP contribution in [-0.4, -0.2) is 14.2 Å². The zero-order valence-corrected chi connectivity index (χ0v) is 14.3. The van der Waals surface area contributed by atoms with Crippen molar-refractivity contribution in [2.24, 2.45) is 0 Å². The monoisotopic (exact) mass is 365 g/mol. The van der Waals surface area contributed by atoms with Crippen LogP contribution < -0.4 is 32.7 Å². The van der Waals surface area contributed by atoms with E-state index >= 15 is 0 Å². The molecule has 0 atom stereocenters. The fraction of sp³-hybridized carbons (Fsp3) is 0.118. The van der Waals surface area contributed by atoms with E-state index in [-0.39, 0.29) is 0 Å². The number of hydrogen-bond donors (Lipinski definition) is 0. The minimum absolute atomic E-state index is 0.858. The van der Waals surface area contributed by atoms with Gasteiger partial charge in [-0.05, 0) is 30.3 Å². The van der Waals surface area contributed by atoms with E-state index in [2.05, 4.69) is 22.9 Å². The van der Waals surface area contributed by atoms with Crippen LogP contribution in [-0.2, 0) is 0 Å². The molecule has 7 nitrogen and oxygen atoms in total. The molecule has 132 valence electrons. The van der Waals surface area contributed by atoms with E-state index in [1.165, 1.54) is 0 Å². The summed E-state index contributed by atoms with van der Waals surface area (Å²) in [5.41, 5.74) is 2.24. The van der Waals surface area contributed by atoms with Crippen molar-refractivity contribution in [1.82, 2.24) is 0 Å². The first-order chi connectivity index (χ1) is 11.8. The van der Waals surface area contributed by atoms with Crippen LogP contribution in [0.15, 0.2) is 60.8 Å². The number of ether oxygens (including phenoxy) is 2. The highest BCUT2D eigenvalue weighted by molar-refractivity contribution is 5.77. The van der Waals surface area contributed by atoms with Crippen molar-refractivity contribution in [3.05, 3.63) is 60.8 Å². The third-order valence-electron chi connectivity index (χ3n) is 3.36. The van der Waals surface area contributed by atoms with Gasteiger partial charge in [0.1, 0.15) is 11.5 Å². The Labute approximate surface area is 146 Å². The summed E-state index contributed by atoms with van der Waals surface area (Å²) in [6.07, 6.45) is 2.05. The molecule has 3 rings (SSSR count). The average molecular weight is 366 g/mol. The molecule has 0 aliphatic rings. The fourth-order valence-corrected chi connectivity index (χ4v) is 2.29. The molecule has 25 heavy (non-hydrogen) atoms. The lowest BCUT2D eigenvalue weighted by molar-refractivity contribution is -2.00. The molecule has 1 aromatic heterocycles. The van der Waals surface area contributed by atoms with Crippen LogP contribution >= 0.6 is 0 Å². The van der Waals surface area contributed by atoms with Gasteiger partial charge in [-0.1, -0.05) is 0 Å². The Kier molecular flexibility index (Phi) is 6.13. The standard InChI is InChI=1S/C17H16NO2.ClHO4/c1-19-15-7-5-14(6-8-15)18-11-3-4-13-12-16(20-2)9-10-17(13)18;2-1(3,4)5/h3-12H,1-2H3;(H,2,3,4,5)/q+1;/p-1. The molecular formula is C17H16ClNO6. The van der Waals surface area contributed by atoms with Gasteiger partial charge in [0.2, 0.25) is 11.2 Å². The average Bonchev–Trinajstić information content (AvgIpc) is 2.59. The highest BCUT2D eigenvalue weighted by Crippen LogP contribution is 2.19. The third-order valence-corrected chi connectivity index (χ3v) is 3.36. The number of methoxy groups -OCH3 is 2. The van der Waals surface area contributed by atoms with Crippen molar-refractivity contribution < 1.29 is 42.9 Å². The van der Waals surface area contributed by atoms with Gasteiger partial charge in [-0.15, -0.1) is 10.2 Å². The van der Waals surface area contributed by atoms with E-state index in [9.17, 15) is 0 Å². The van der Waals surface area contributed by atoms with Crippen molar-refractivity contribution in [2.45, 2.75) is 0 Å². The van der Waals surface area contributed by atoms with Gasteiger partial charge in [0.15, 0.2) is 6.20 Å². The zero-order valence-electron chi connectivity index (χ0n) is 13.5. The van der Waals surface area contributed by atoms with Crippen LogP contribution in [0.5, 0.6) is 11.5 Å². The van der Waals surface area contributed by atoms with E-state index < -0.39 is 10.2 Å². The van der Waals surface area contributed by atoms with Gasteiger partial charge >= 0.3 is 0 Å². The molecule has 8 heteroatoms. The SMILES string of the molecule is COc1ccc(-[n+]2cccc3cc(OC)ccc32)cc1.[O-][Cl+3]([O-])([O-])[O-]. The molecule has 2 aromatic carbocycles. The summed E-state index contributed by atoms with van der Waals surface area (Å²) < 4.78 is 46.6. The van der Waals surface area contributed by atoms with Crippen molar-refractivity contribution >= 4 is 10.9 Å². The number of hydrogen-bond acceptors (Lipinski definition) is 6. The smallest absolute Gasteiger partial charge is 0.218 e. The van der Waals surface area contributed by atoms with Gasteiger partial charge in [-0.2, -0.15) is 4.57 Å². The molecule has 0 saturated carbocycles. The van der Waals surface area contributed by atoms with Crippen LogP contribution in [0, 0.1) is 10.2 Å². The maximum Gasteiger partial charge on any atom is 0.218 e. The molecule has 0 N–H and O–H groups in total. The Bertz CT molecular complexity index is 827. The second-order valence-corrected chi connectivity index (χ2v) is 5.63. The molecule has 0 fully saturated rings. The Morgan fingerprint density at radius 2 is 1.36 bits per heavy atom. The molecule has 1 heterocycles. The maximum absolute atomic E-state index is 8.49. The molecule has 0 unspecified atom stereocenters. The first-order valence-corrected chi connectivity index (χ1v) is 8.30. The topological polar surface area (TPSA) is 115 Å². The maximum atomic E-state index is 8.49. The fourth-order valence-electron chi connectivity index (χ4n) is 2.29. The van der Waals surface area contributed by atoms with Crippen LogP contribution in [0.3, 0.4) is 0 Å². The van der Waals surface area contributed by atoms with Crippen molar-refractivity contribution in [3.63, 3.8) is 0 Å². The number of pyridine rings is 1. The number of rotatable bonds is 3. The lowest BCUT2D eigenvalue weighted by Crippen LogP contribution is -2.68. The summed E-state index contributed by atoms with van der Waals surface area (Å²) in [6, 6.07) is 18.2. The largest absolute Gasteiger partial charge is 0.497 e. The van der Waals surface area contributed by atoms with E-state index in [1.54, 1.807) is 14.2 Å². The molecule has 0 amide bonds. The van der Waals surface area contributed by atoms with Gasteiger partial charge in [0.05, 0.1) is 19.6 Å². The summed E-state index contributed by atoms with van der Waals surface area (Å²) in [5, 5.41) is 1.14. The summed E-state index contributed by atoms with van der Waals surface area (Å²) in [7, 11) is -1.59. The number of fused-ring (bicyclic) bond motifs is 1. The van der Waals surface area contributed by atoms with Crippen molar-refractivity contribution in [2.75, 3.05) is 14.2 Å². The summed E-state index contributed by atoms with van der Waals surface area (Å²) >= 11 is 0. The number of aromatic nitrogens is 1. The first-order valence-electron chi connectivity index (χ1n) is 7.06. The Morgan fingerprint density at radius 3 is 1.92 bits per heavy atom. The second-order valence-electron chi connectivity index (χ2n) is 4.88. The highest BCUT2D eigenvalue weighted by atomic mass is 35.7. The van der Waals surface area contributed by atoms with E-state index in [1.807, 2.05) is 42.5 Å². The van der Waals surface area contributed by atoms with Gasteiger partial charge < -0.3 is 9.47 Å². The first kappa shape index (κ1) is 18.9. The van der Waals surface area contributed by atoms with Crippen LogP contribution in [0.1, 0.15) is 0 Å². The minimum Gasteiger partial charge on any atom is -0.497 e. The zero-order chi connectivity index (χ0) is 18.4. The molecule has 0 radical (unpaired) electrons. The van der Waals surface area contributed by atoms with Gasteiger partial charge in [0.25, 0.3) is 0 Å². The molecule has 0 aliphatic heterocycles. The van der Waals surface area contributed by atoms with Crippen LogP contribution in [0.25, 0.3) is 16.6 Å². The van der Waals surface area contributed by atoms with Crippen molar-refractivity contribution in [3.8, 4) is 17.2 Å². The normalized spacial score (nSPS) is 10.8. The number of halogens is 1. The van der Waals surface area contributed by atoms with E-state index in [0.29, 0.717) is 0 Å². The molecule has 0 bridgehead atoms. The quantitative estimate of drug-likeness (QED) is 0.515. The van der Waals surface area contributed by atoms with Gasteiger partial charge in [-0.3, -0.25) is 0 Å². The van der Waals surface area contributed by atoms with Crippen molar-refractivity contribution in [1.29, 1.82) is 0 Å². The van der Waals surface area contributed by atoms with E-state index in [0.717, 1.165) is 28.1 Å². The summed E-state index contributed by atoms with van der Waals surface area (Å²) in [6.45, 7) is 0. The molecular weight excluding hydrogens is 350 g/mol. The van der Waals surface area contributed by atoms with Crippen LogP contribution in [0.2, 0.25) is 0 Å². The summed E-state index contributed by atoms with van der Waals surface area (Å²) in [5.74, 6) is 1.72. The molecule has 3 aromatic rings.